The molecule has 1 fully saturated rings. The van der Waals surface area contributed by atoms with Gasteiger partial charge in [0.1, 0.15) is 12.4 Å². The number of hydrogen-bond acceptors (Lipinski definition) is 4. The predicted octanol–water partition coefficient (Wildman–Crippen LogP) is 2.87. The molecule has 1 aliphatic heterocycles. The molecule has 7 heteroatoms. The molecular weight excluding hydrogens is 335 g/mol. The second kappa shape index (κ2) is 6.79. The van der Waals surface area contributed by atoms with Crippen LogP contribution in [-0.2, 0) is 17.9 Å². The van der Waals surface area contributed by atoms with E-state index in [1.807, 2.05) is 6.92 Å². The lowest BCUT2D eigenvalue weighted by molar-refractivity contribution is 0.0625. The number of halogens is 1. The van der Waals surface area contributed by atoms with Crippen molar-refractivity contribution in [1.82, 2.24) is 19.7 Å². The molecule has 4 rings (SSSR count). The molecule has 1 atom stereocenters. The third-order valence-electron chi connectivity index (χ3n) is 5.22. The van der Waals surface area contributed by atoms with Gasteiger partial charge in [0, 0.05) is 25.3 Å². The zero-order valence-corrected chi connectivity index (χ0v) is 15.1. The monoisotopic (exact) mass is 358 g/mol. The van der Waals surface area contributed by atoms with E-state index in [-0.39, 0.29) is 17.8 Å². The lowest BCUT2D eigenvalue weighted by Gasteiger charge is -2.34. The molecule has 1 aromatic heterocycles. The number of fused-ring (bicyclic) bond motifs is 1. The normalized spacial score (nSPS) is 19.5. The Kier molecular flexibility index (Phi) is 4.48. The van der Waals surface area contributed by atoms with E-state index in [4.69, 9.17) is 4.74 Å². The third kappa shape index (κ3) is 3.23. The number of aromatic nitrogens is 3. The molecule has 6 nitrogen and oxygen atoms in total. The van der Waals surface area contributed by atoms with Gasteiger partial charge in [0.05, 0.1) is 6.04 Å². The summed E-state index contributed by atoms with van der Waals surface area (Å²) in [5.41, 5.74) is 1.17. The van der Waals surface area contributed by atoms with Gasteiger partial charge >= 0.3 is 0 Å². The zero-order valence-electron chi connectivity index (χ0n) is 15.1. The van der Waals surface area contributed by atoms with E-state index in [9.17, 15) is 9.18 Å². The average Bonchev–Trinajstić information content (AvgIpc) is 3.34. The van der Waals surface area contributed by atoms with Crippen molar-refractivity contribution in [1.29, 1.82) is 0 Å². The fourth-order valence-corrected chi connectivity index (χ4v) is 3.45. The van der Waals surface area contributed by atoms with E-state index in [0.717, 1.165) is 18.3 Å². The van der Waals surface area contributed by atoms with Crippen molar-refractivity contribution in [2.45, 2.75) is 45.9 Å². The summed E-state index contributed by atoms with van der Waals surface area (Å²) < 4.78 is 21.1. The quantitative estimate of drug-likeness (QED) is 0.825. The van der Waals surface area contributed by atoms with E-state index in [0.29, 0.717) is 36.7 Å². The van der Waals surface area contributed by atoms with Crippen molar-refractivity contribution < 1.29 is 13.9 Å². The molecular formula is C19H23FN4O2. The second-order valence-corrected chi connectivity index (χ2v) is 7.22. The SMILES string of the molecule is Cc1cc(F)ccc1C(=O)N1CCn2c(COCC3CC3)nnc2[C@@H]1C. The second-order valence-electron chi connectivity index (χ2n) is 7.22. The summed E-state index contributed by atoms with van der Waals surface area (Å²) in [6.45, 7) is 6.15. The highest BCUT2D eigenvalue weighted by Gasteiger charge is 2.32. The number of aryl methyl sites for hydroxylation is 1. The average molecular weight is 358 g/mol. The molecule has 0 unspecified atom stereocenters. The minimum Gasteiger partial charge on any atom is -0.373 e. The Morgan fingerprint density at radius 3 is 2.85 bits per heavy atom. The summed E-state index contributed by atoms with van der Waals surface area (Å²) >= 11 is 0. The van der Waals surface area contributed by atoms with Gasteiger partial charge in [-0.25, -0.2) is 4.39 Å². The number of ether oxygens (including phenoxy) is 1. The van der Waals surface area contributed by atoms with Crippen LogP contribution in [0.2, 0.25) is 0 Å². The summed E-state index contributed by atoms with van der Waals surface area (Å²) in [6, 6.07) is 4.08. The van der Waals surface area contributed by atoms with Crippen LogP contribution in [0.25, 0.3) is 0 Å². The van der Waals surface area contributed by atoms with Crippen LogP contribution in [0.5, 0.6) is 0 Å². The number of carbonyl (C=O) groups is 1. The van der Waals surface area contributed by atoms with Gasteiger partial charge in [-0.3, -0.25) is 4.79 Å². The fraction of sp³-hybridized carbons (Fsp3) is 0.526. The van der Waals surface area contributed by atoms with Crippen molar-refractivity contribution >= 4 is 5.91 Å². The number of benzene rings is 1. The van der Waals surface area contributed by atoms with Gasteiger partial charge in [-0.15, -0.1) is 10.2 Å². The standard InChI is InChI=1S/C19H23FN4O2/c1-12-9-15(20)5-6-16(12)19(25)23-7-8-24-17(11-26-10-14-3-4-14)21-22-18(24)13(23)2/h5-6,9,13-14H,3-4,7-8,10-11H2,1-2H3/t13-/m0/s1. The van der Waals surface area contributed by atoms with Gasteiger partial charge in [-0.1, -0.05) is 0 Å². The smallest absolute Gasteiger partial charge is 0.254 e. The van der Waals surface area contributed by atoms with Crippen LogP contribution in [-0.4, -0.2) is 38.7 Å². The molecule has 1 saturated carbocycles. The molecule has 0 saturated heterocycles. The van der Waals surface area contributed by atoms with E-state index in [1.54, 1.807) is 17.9 Å². The topological polar surface area (TPSA) is 60.2 Å². The van der Waals surface area contributed by atoms with Gasteiger partial charge in [0.25, 0.3) is 5.91 Å². The summed E-state index contributed by atoms with van der Waals surface area (Å²) in [5, 5.41) is 8.55. The summed E-state index contributed by atoms with van der Waals surface area (Å²) in [5.74, 6) is 1.87. The lowest BCUT2D eigenvalue weighted by atomic mass is 10.1. The van der Waals surface area contributed by atoms with Gasteiger partial charge < -0.3 is 14.2 Å². The van der Waals surface area contributed by atoms with E-state index < -0.39 is 0 Å². The Bertz CT molecular complexity index is 831. The first-order valence-corrected chi connectivity index (χ1v) is 9.11. The molecule has 0 spiro atoms. The van der Waals surface area contributed by atoms with Crippen LogP contribution in [0, 0.1) is 18.7 Å². The maximum absolute atomic E-state index is 13.3. The lowest BCUT2D eigenvalue weighted by Crippen LogP contribution is -2.41. The van der Waals surface area contributed by atoms with E-state index in [1.165, 1.54) is 25.0 Å². The fourth-order valence-electron chi connectivity index (χ4n) is 3.45. The molecule has 0 radical (unpaired) electrons. The maximum Gasteiger partial charge on any atom is 0.254 e. The highest BCUT2D eigenvalue weighted by Crippen LogP contribution is 2.30. The van der Waals surface area contributed by atoms with E-state index >= 15 is 0 Å². The number of amides is 1. The molecule has 1 amide bonds. The van der Waals surface area contributed by atoms with Crippen molar-refractivity contribution in [2.24, 2.45) is 5.92 Å². The number of nitrogens with zero attached hydrogens (tertiary/aromatic N) is 4. The number of rotatable bonds is 5. The summed E-state index contributed by atoms with van der Waals surface area (Å²) in [7, 11) is 0. The van der Waals surface area contributed by atoms with Crippen molar-refractivity contribution in [3.63, 3.8) is 0 Å². The molecule has 0 N–H and O–H groups in total. The Morgan fingerprint density at radius 2 is 2.12 bits per heavy atom. The maximum atomic E-state index is 13.3. The first-order valence-electron chi connectivity index (χ1n) is 9.11. The van der Waals surface area contributed by atoms with Gasteiger partial charge in [-0.2, -0.15) is 0 Å². The largest absolute Gasteiger partial charge is 0.373 e. The van der Waals surface area contributed by atoms with Crippen molar-refractivity contribution in [3.05, 3.63) is 46.8 Å². The van der Waals surface area contributed by atoms with Gasteiger partial charge in [-0.05, 0) is 56.4 Å². The molecule has 1 aliphatic carbocycles. The Balaban J connectivity index is 1.49. The minimum absolute atomic E-state index is 0.101. The number of hydrogen-bond donors (Lipinski definition) is 0. The van der Waals surface area contributed by atoms with Crippen LogP contribution >= 0.6 is 0 Å². The van der Waals surface area contributed by atoms with Crippen molar-refractivity contribution in [3.8, 4) is 0 Å². The Labute approximate surface area is 152 Å². The highest BCUT2D eigenvalue weighted by atomic mass is 19.1. The molecule has 0 bridgehead atoms. The van der Waals surface area contributed by atoms with Crippen molar-refractivity contribution in [2.75, 3.05) is 13.2 Å². The van der Waals surface area contributed by atoms with Gasteiger partial charge in [0.15, 0.2) is 11.6 Å². The molecule has 1 aromatic carbocycles. The van der Waals surface area contributed by atoms with Crippen LogP contribution in [0.4, 0.5) is 4.39 Å². The van der Waals surface area contributed by atoms with Crippen LogP contribution in [0.3, 0.4) is 0 Å². The Hall–Kier alpha value is -2.28. The molecule has 138 valence electrons. The Morgan fingerprint density at radius 1 is 1.31 bits per heavy atom. The van der Waals surface area contributed by atoms with Crippen LogP contribution in [0.1, 0.15) is 53.4 Å². The minimum atomic E-state index is -0.332. The molecule has 2 aliphatic rings. The first kappa shape index (κ1) is 17.1. The zero-order chi connectivity index (χ0) is 18.3. The highest BCUT2D eigenvalue weighted by molar-refractivity contribution is 5.95. The molecule has 26 heavy (non-hydrogen) atoms. The summed E-state index contributed by atoms with van der Waals surface area (Å²) in [4.78, 5) is 14.7. The van der Waals surface area contributed by atoms with Crippen LogP contribution in [0.15, 0.2) is 18.2 Å². The number of carbonyl (C=O) groups excluding carboxylic acids is 1. The third-order valence-corrected chi connectivity index (χ3v) is 5.22. The first-order chi connectivity index (χ1) is 12.5. The van der Waals surface area contributed by atoms with Crippen LogP contribution < -0.4 is 0 Å². The van der Waals surface area contributed by atoms with Gasteiger partial charge in [0.2, 0.25) is 0 Å². The van der Waals surface area contributed by atoms with E-state index in [2.05, 4.69) is 14.8 Å². The summed E-state index contributed by atoms with van der Waals surface area (Å²) in [6.07, 6.45) is 2.52. The predicted molar refractivity (Wildman–Crippen MR) is 93.0 cm³/mol. The molecule has 2 heterocycles. The molecule has 2 aromatic rings.